The number of fused-ring (bicyclic) bond motifs is 3. The largest absolute Gasteiger partial charge is 0.394 e. The summed E-state index contributed by atoms with van der Waals surface area (Å²) in [6, 6.07) is 0. The zero-order valence-electron chi connectivity index (χ0n) is 13.7. The molecule has 0 aromatic carbocycles. The Kier molecular flexibility index (Phi) is 4.38. The Labute approximate surface area is 135 Å². The van der Waals surface area contributed by atoms with Gasteiger partial charge in [-0.2, -0.15) is 13.2 Å². The third-order valence-corrected chi connectivity index (χ3v) is 6.22. The molecule has 1 saturated heterocycles. The van der Waals surface area contributed by atoms with E-state index in [9.17, 15) is 18.0 Å². The minimum absolute atomic E-state index is 0.0315. The number of alkyl halides is 3. The smallest absolute Gasteiger partial charge is 0.350 e. The zero-order chi connectivity index (χ0) is 16.7. The maximum atomic E-state index is 13.3. The fraction of sp³-hybridized carbons (Fsp3) is 0.938. The third kappa shape index (κ3) is 3.36. The van der Waals surface area contributed by atoms with Crippen molar-refractivity contribution in [3.05, 3.63) is 0 Å². The van der Waals surface area contributed by atoms with Gasteiger partial charge in [-0.25, -0.2) is 0 Å². The lowest BCUT2D eigenvalue weighted by Gasteiger charge is -2.54. The van der Waals surface area contributed by atoms with Crippen LogP contribution in [0.25, 0.3) is 0 Å². The second kappa shape index (κ2) is 5.92. The van der Waals surface area contributed by atoms with Crippen LogP contribution in [0.5, 0.6) is 0 Å². The summed E-state index contributed by atoms with van der Waals surface area (Å²) in [6.07, 6.45) is -2.26. The second-order valence-electron chi connectivity index (χ2n) is 7.69. The minimum Gasteiger partial charge on any atom is -0.350 e. The first-order valence-corrected chi connectivity index (χ1v) is 8.52. The average Bonchev–Trinajstić information content (AvgIpc) is 2.50. The maximum absolute atomic E-state index is 13.3. The number of hydrogen-bond donors (Lipinski definition) is 1. The molecule has 0 radical (unpaired) electrons. The maximum Gasteiger partial charge on any atom is 0.394 e. The molecule has 2 bridgehead atoms. The molecule has 0 aromatic heterocycles. The van der Waals surface area contributed by atoms with Gasteiger partial charge >= 0.3 is 6.18 Å². The fourth-order valence-electron chi connectivity index (χ4n) is 4.34. The van der Waals surface area contributed by atoms with E-state index in [4.69, 9.17) is 0 Å². The number of halogens is 3. The summed E-state index contributed by atoms with van der Waals surface area (Å²) in [6.45, 7) is 4.00. The van der Waals surface area contributed by atoms with Crippen LogP contribution in [-0.2, 0) is 4.79 Å². The van der Waals surface area contributed by atoms with Crippen LogP contribution in [0.2, 0.25) is 0 Å². The predicted molar refractivity (Wildman–Crippen MR) is 81.0 cm³/mol. The highest BCUT2D eigenvalue weighted by atomic mass is 19.4. The van der Waals surface area contributed by atoms with Crippen molar-refractivity contribution in [3.63, 3.8) is 0 Å². The predicted octanol–water partition coefficient (Wildman–Crippen LogP) is 2.01. The molecule has 132 valence electrons. The van der Waals surface area contributed by atoms with E-state index in [1.807, 2.05) is 0 Å². The lowest BCUT2D eigenvalue weighted by Crippen LogP contribution is -2.61. The van der Waals surface area contributed by atoms with Crippen LogP contribution in [-0.4, -0.2) is 67.2 Å². The molecule has 0 unspecified atom stereocenters. The van der Waals surface area contributed by atoms with E-state index in [1.54, 1.807) is 0 Å². The minimum atomic E-state index is -4.11. The van der Waals surface area contributed by atoms with E-state index >= 15 is 0 Å². The van der Waals surface area contributed by atoms with Crippen molar-refractivity contribution in [3.8, 4) is 0 Å². The van der Waals surface area contributed by atoms with Gasteiger partial charge in [0.25, 0.3) is 0 Å². The molecule has 4 fully saturated rings. The van der Waals surface area contributed by atoms with E-state index in [1.165, 1.54) is 0 Å². The summed E-state index contributed by atoms with van der Waals surface area (Å²) in [5.41, 5.74) is -1.88. The van der Waals surface area contributed by atoms with Gasteiger partial charge in [0.15, 0.2) is 0 Å². The number of rotatable bonds is 3. The Bertz CT molecular complexity index is 433. The van der Waals surface area contributed by atoms with Gasteiger partial charge in [0.05, 0.1) is 12.0 Å². The molecule has 0 atom stereocenters. The summed E-state index contributed by atoms with van der Waals surface area (Å²) in [5, 5.41) is 3.09. The molecule has 1 amide bonds. The highest BCUT2D eigenvalue weighted by Crippen LogP contribution is 2.59. The molecule has 1 aliphatic heterocycles. The molecular weight excluding hydrogens is 307 g/mol. The van der Waals surface area contributed by atoms with Crippen molar-refractivity contribution < 1.29 is 18.0 Å². The van der Waals surface area contributed by atoms with Crippen LogP contribution in [0.3, 0.4) is 0 Å². The molecule has 23 heavy (non-hydrogen) atoms. The number of carbonyl (C=O) groups is 1. The molecule has 3 saturated carbocycles. The van der Waals surface area contributed by atoms with Crippen LogP contribution < -0.4 is 5.32 Å². The van der Waals surface area contributed by atoms with E-state index in [-0.39, 0.29) is 25.2 Å². The number of amides is 1. The van der Waals surface area contributed by atoms with Crippen molar-refractivity contribution in [2.45, 2.75) is 50.2 Å². The lowest BCUT2D eigenvalue weighted by atomic mass is 9.57. The number of likely N-dealkylation sites (N-methyl/N-ethyl adjacent to an activating group) is 1. The number of hydrogen-bond acceptors (Lipinski definition) is 3. The quantitative estimate of drug-likeness (QED) is 0.858. The number of carbonyl (C=O) groups excluding carboxylic acids is 1. The van der Waals surface area contributed by atoms with Crippen molar-refractivity contribution in [2.24, 2.45) is 5.41 Å². The SMILES string of the molecule is CN1CCN(CC(=O)NC23CCC(C(F)(F)F)(CC2)CC3)CC1. The van der Waals surface area contributed by atoms with Gasteiger partial charge in [-0.15, -0.1) is 0 Å². The van der Waals surface area contributed by atoms with Gasteiger partial charge in [-0.1, -0.05) is 0 Å². The average molecular weight is 333 g/mol. The van der Waals surface area contributed by atoms with Gasteiger partial charge in [0.2, 0.25) is 5.91 Å². The number of nitrogens with zero attached hydrogens (tertiary/aromatic N) is 2. The van der Waals surface area contributed by atoms with Crippen molar-refractivity contribution in [2.75, 3.05) is 39.8 Å². The zero-order valence-corrected chi connectivity index (χ0v) is 13.7. The second-order valence-corrected chi connectivity index (χ2v) is 7.69. The molecule has 4 rings (SSSR count). The third-order valence-electron chi connectivity index (χ3n) is 6.22. The van der Waals surface area contributed by atoms with Crippen molar-refractivity contribution in [1.29, 1.82) is 0 Å². The van der Waals surface area contributed by atoms with E-state index in [2.05, 4.69) is 22.2 Å². The normalized spacial score (nSPS) is 36.2. The van der Waals surface area contributed by atoms with E-state index in [0.29, 0.717) is 25.8 Å². The summed E-state index contributed by atoms with van der Waals surface area (Å²) in [5.74, 6) is -0.0315. The van der Waals surface area contributed by atoms with Crippen LogP contribution in [0.4, 0.5) is 13.2 Å². The lowest BCUT2D eigenvalue weighted by molar-refractivity contribution is -0.254. The van der Waals surface area contributed by atoms with Crippen LogP contribution in [0, 0.1) is 5.41 Å². The number of piperazine rings is 1. The van der Waals surface area contributed by atoms with Crippen LogP contribution in [0.15, 0.2) is 0 Å². The van der Waals surface area contributed by atoms with Gasteiger partial charge < -0.3 is 10.2 Å². The molecule has 4 nitrogen and oxygen atoms in total. The van der Waals surface area contributed by atoms with Gasteiger partial charge in [0, 0.05) is 31.7 Å². The molecule has 3 aliphatic carbocycles. The molecule has 4 aliphatic rings. The molecule has 7 heteroatoms. The topological polar surface area (TPSA) is 35.6 Å². The van der Waals surface area contributed by atoms with Crippen LogP contribution in [0.1, 0.15) is 38.5 Å². The Morgan fingerprint density at radius 1 is 1.00 bits per heavy atom. The molecule has 0 aromatic rings. The Balaban J connectivity index is 1.52. The highest BCUT2D eigenvalue weighted by molar-refractivity contribution is 5.79. The molecule has 1 heterocycles. The highest BCUT2D eigenvalue weighted by Gasteiger charge is 2.61. The van der Waals surface area contributed by atoms with Gasteiger partial charge in [0.1, 0.15) is 0 Å². The molecular formula is C16H26F3N3O. The van der Waals surface area contributed by atoms with Crippen molar-refractivity contribution >= 4 is 5.91 Å². The Hall–Kier alpha value is -0.820. The number of nitrogens with one attached hydrogen (secondary N) is 1. The molecule has 0 spiro atoms. The van der Waals surface area contributed by atoms with Gasteiger partial charge in [-0.3, -0.25) is 9.69 Å². The first kappa shape index (κ1) is 17.0. The standard InChI is InChI=1S/C16H26F3N3O/c1-21-8-10-22(11-9-21)12-13(23)20-15-5-2-14(3-6-15,4-7-15)16(17,18)19/h2-12H2,1H3,(H,20,23). The first-order chi connectivity index (χ1) is 10.7. The Morgan fingerprint density at radius 2 is 1.52 bits per heavy atom. The van der Waals surface area contributed by atoms with Gasteiger partial charge in [-0.05, 0) is 45.6 Å². The summed E-state index contributed by atoms with van der Waals surface area (Å²) < 4.78 is 39.8. The van der Waals surface area contributed by atoms with E-state index in [0.717, 1.165) is 26.2 Å². The van der Waals surface area contributed by atoms with E-state index < -0.39 is 17.1 Å². The summed E-state index contributed by atoms with van der Waals surface area (Å²) in [7, 11) is 2.06. The summed E-state index contributed by atoms with van der Waals surface area (Å²) in [4.78, 5) is 16.7. The fourth-order valence-corrected chi connectivity index (χ4v) is 4.34. The first-order valence-electron chi connectivity index (χ1n) is 8.52. The van der Waals surface area contributed by atoms with Crippen molar-refractivity contribution in [1.82, 2.24) is 15.1 Å². The Morgan fingerprint density at radius 3 is 2.00 bits per heavy atom. The monoisotopic (exact) mass is 333 g/mol. The molecule has 1 N–H and O–H groups in total. The van der Waals surface area contributed by atoms with Crippen LogP contribution >= 0.6 is 0 Å². The summed E-state index contributed by atoms with van der Waals surface area (Å²) >= 11 is 0.